The van der Waals surface area contributed by atoms with E-state index in [0.29, 0.717) is 0 Å². The van der Waals surface area contributed by atoms with Crippen molar-refractivity contribution in [3.63, 3.8) is 0 Å². The Hall–Kier alpha value is -2.90. The lowest BCUT2D eigenvalue weighted by Gasteiger charge is -2.36. The molecule has 0 aliphatic carbocycles. The van der Waals surface area contributed by atoms with E-state index in [4.69, 9.17) is 9.47 Å². The van der Waals surface area contributed by atoms with Crippen LogP contribution in [-0.2, 0) is 6.54 Å². The zero-order chi connectivity index (χ0) is 23.9. The summed E-state index contributed by atoms with van der Waals surface area (Å²) < 4.78 is 26.5. The lowest BCUT2D eigenvalue weighted by Crippen LogP contribution is -2.45. The summed E-state index contributed by atoms with van der Waals surface area (Å²) in [6.07, 6.45) is 0. The van der Waals surface area contributed by atoms with Crippen LogP contribution in [0.4, 0.5) is 15.8 Å². The summed E-state index contributed by atoms with van der Waals surface area (Å²) in [5.74, 6) is 1.33. The average Bonchev–Trinajstić information content (AvgIpc) is 2.88. The Morgan fingerprint density at radius 2 is 1.62 bits per heavy atom. The van der Waals surface area contributed by atoms with E-state index < -0.39 is 0 Å². The Morgan fingerprint density at radius 1 is 0.882 bits per heavy atom. The predicted octanol–water partition coefficient (Wildman–Crippen LogP) is 5.70. The number of hydrogen-bond donors (Lipinski definition) is 0. The van der Waals surface area contributed by atoms with E-state index in [1.807, 2.05) is 12.1 Å². The first-order valence-corrected chi connectivity index (χ1v) is 12.4. The van der Waals surface area contributed by atoms with Gasteiger partial charge in [-0.1, -0.05) is 12.1 Å². The third-order valence-corrected chi connectivity index (χ3v) is 7.18. The zero-order valence-electron chi connectivity index (χ0n) is 20.0. The molecule has 1 fully saturated rings. The molecule has 5 nitrogen and oxygen atoms in total. The summed E-state index contributed by atoms with van der Waals surface area (Å²) >= 11 is 1.56. The van der Waals surface area contributed by atoms with Crippen molar-refractivity contribution in [2.45, 2.75) is 18.4 Å². The predicted molar refractivity (Wildman–Crippen MR) is 139 cm³/mol. The standard InChI is InChI=1S/C27H32FN3O2S/c1-4-31(34-25-7-5-6-22(28)19-25)24-11-9-23(10-12-24)30-16-14-29(15-17-30)20-21-8-13-26(32-2)27(18-21)33-3/h5-13,18-19H,4,14-17,20H2,1-3H3. The maximum Gasteiger partial charge on any atom is 0.161 e. The van der Waals surface area contributed by atoms with Crippen molar-refractivity contribution >= 4 is 23.3 Å². The average molecular weight is 482 g/mol. The van der Waals surface area contributed by atoms with Crippen LogP contribution in [0.3, 0.4) is 0 Å². The van der Waals surface area contributed by atoms with E-state index in [0.717, 1.165) is 61.4 Å². The smallest absolute Gasteiger partial charge is 0.161 e. The molecule has 0 bridgehead atoms. The van der Waals surface area contributed by atoms with Gasteiger partial charge in [-0.05, 0) is 79.0 Å². The Bertz CT molecular complexity index is 1070. The van der Waals surface area contributed by atoms with Crippen molar-refractivity contribution in [1.82, 2.24) is 4.90 Å². The van der Waals surface area contributed by atoms with E-state index in [2.05, 4.69) is 57.4 Å². The summed E-state index contributed by atoms with van der Waals surface area (Å²) in [4.78, 5) is 5.81. The van der Waals surface area contributed by atoms with Crippen LogP contribution in [0.5, 0.6) is 11.5 Å². The number of ether oxygens (including phenoxy) is 2. The van der Waals surface area contributed by atoms with Crippen LogP contribution in [0.15, 0.2) is 71.6 Å². The molecule has 0 amide bonds. The van der Waals surface area contributed by atoms with Crippen molar-refractivity contribution in [2.75, 3.05) is 56.1 Å². The third-order valence-electron chi connectivity index (χ3n) is 6.03. The monoisotopic (exact) mass is 481 g/mol. The number of piperazine rings is 1. The van der Waals surface area contributed by atoms with E-state index in [9.17, 15) is 4.39 Å². The van der Waals surface area contributed by atoms with Gasteiger partial charge in [0.1, 0.15) is 5.82 Å². The Balaban J connectivity index is 1.33. The van der Waals surface area contributed by atoms with Crippen molar-refractivity contribution < 1.29 is 13.9 Å². The van der Waals surface area contributed by atoms with Gasteiger partial charge >= 0.3 is 0 Å². The van der Waals surface area contributed by atoms with Gasteiger partial charge in [-0.15, -0.1) is 0 Å². The molecule has 34 heavy (non-hydrogen) atoms. The molecule has 0 radical (unpaired) electrons. The molecular weight excluding hydrogens is 449 g/mol. The summed E-state index contributed by atoms with van der Waals surface area (Å²) in [5, 5.41) is 0. The second-order valence-corrected chi connectivity index (χ2v) is 9.31. The van der Waals surface area contributed by atoms with Gasteiger partial charge in [0.2, 0.25) is 0 Å². The maximum absolute atomic E-state index is 13.5. The lowest BCUT2D eigenvalue weighted by atomic mass is 10.1. The number of halogens is 1. The topological polar surface area (TPSA) is 28.2 Å². The highest BCUT2D eigenvalue weighted by molar-refractivity contribution is 8.00. The van der Waals surface area contributed by atoms with Crippen molar-refractivity contribution in [3.8, 4) is 11.5 Å². The van der Waals surface area contributed by atoms with Gasteiger partial charge in [-0.25, -0.2) is 4.39 Å². The van der Waals surface area contributed by atoms with Gasteiger partial charge in [-0.3, -0.25) is 4.90 Å². The molecule has 0 N–H and O–H groups in total. The first-order valence-electron chi connectivity index (χ1n) is 11.6. The highest BCUT2D eigenvalue weighted by Crippen LogP contribution is 2.31. The van der Waals surface area contributed by atoms with Crippen LogP contribution >= 0.6 is 11.9 Å². The lowest BCUT2D eigenvalue weighted by molar-refractivity contribution is 0.249. The second kappa shape index (κ2) is 11.5. The van der Waals surface area contributed by atoms with E-state index in [1.54, 1.807) is 38.3 Å². The first-order chi connectivity index (χ1) is 16.6. The highest BCUT2D eigenvalue weighted by atomic mass is 32.2. The summed E-state index contributed by atoms with van der Waals surface area (Å²) in [6, 6.07) is 21.6. The zero-order valence-corrected chi connectivity index (χ0v) is 20.9. The molecule has 1 aliphatic rings. The number of hydrogen-bond acceptors (Lipinski definition) is 6. The number of anilines is 2. The normalized spacial score (nSPS) is 14.2. The molecule has 3 aromatic rings. The van der Waals surface area contributed by atoms with Crippen LogP contribution < -0.4 is 18.7 Å². The van der Waals surface area contributed by atoms with E-state index in [1.165, 1.54) is 17.3 Å². The van der Waals surface area contributed by atoms with Gasteiger partial charge < -0.3 is 18.7 Å². The molecular formula is C27H32FN3O2S. The summed E-state index contributed by atoms with van der Waals surface area (Å²) in [6.45, 7) is 7.83. The Kier molecular flexibility index (Phi) is 8.19. The molecule has 1 aliphatic heterocycles. The van der Waals surface area contributed by atoms with Gasteiger partial charge in [-0.2, -0.15) is 0 Å². The van der Waals surface area contributed by atoms with Gasteiger partial charge in [0, 0.05) is 55.5 Å². The molecule has 3 aromatic carbocycles. The minimum absolute atomic E-state index is 0.207. The minimum Gasteiger partial charge on any atom is -0.493 e. The molecule has 0 spiro atoms. The van der Waals surface area contributed by atoms with E-state index >= 15 is 0 Å². The van der Waals surface area contributed by atoms with Crippen LogP contribution in [0.2, 0.25) is 0 Å². The third kappa shape index (κ3) is 5.96. The maximum atomic E-state index is 13.5. The SMILES string of the molecule is CCN(Sc1cccc(F)c1)c1ccc(N2CCN(Cc3ccc(OC)c(OC)c3)CC2)cc1. The van der Waals surface area contributed by atoms with Crippen LogP contribution in [0.1, 0.15) is 12.5 Å². The van der Waals surface area contributed by atoms with Crippen molar-refractivity contribution in [2.24, 2.45) is 0 Å². The minimum atomic E-state index is -0.207. The number of nitrogens with zero attached hydrogens (tertiary/aromatic N) is 3. The molecule has 0 aromatic heterocycles. The Morgan fingerprint density at radius 3 is 2.26 bits per heavy atom. The molecule has 180 valence electrons. The van der Waals surface area contributed by atoms with Gasteiger partial charge in [0.25, 0.3) is 0 Å². The van der Waals surface area contributed by atoms with Crippen LogP contribution in [-0.4, -0.2) is 51.8 Å². The molecule has 1 saturated heterocycles. The number of rotatable bonds is 9. The fourth-order valence-corrected chi connectivity index (χ4v) is 5.10. The Labute approximate surface area is 206 Å². The second-order valence-electron chi connectivity index (χ2n) is 8.21. The molecule has 4 rings (SSSR count). The molecule has 7 heteroatoms. The van der Waals surface area contributed by atoms with E-state index in [-0.39, 0.29) is 5.82 Å². The fraction of sp³-hybridized carbons (Fsp3) is 0.333. The molecule has 0 atom stereocenters. The van der Waals surface area contributed by atoms with Gasteiger partial charge in [0.05, 0.1) is 14.2 Å². The van der Waals surface area contributed by atoms with Crippen molar-refractivity contribution in [1.29, 1.82) is 0 Å². The van der Waals surface area contributed by atoms with Gasteiger partial charge in [0.15, 0.2) is 11.5 Å². The largest absolute Gasteiger partial charge is 0.493 e. The fourth-order valence-electron chi connectivity index (χ4n) is 4.18. The molecule has 1 heterocycles. The van der Waals surface area contributed by atoms with Crippen LogP contribution in [0.25, 0.3) is 0 Å². The highest BCUT2D eigenvalue weighted by Gasteiger charge is 2.18. The first kappa shape index (κ1) is 24.2. The number of benzene rings is 3. The summed E-state index contributed by atoms with van der Waals surface area (Å²) in [7, 11) is 3.33. The molecule has 0 unspecified atom stereocenters. The quantitative estimate of drug-likeness (QED) is 0.364. The molecule has 0 saturated carbocycles. The number of methoxy groups -OCH3 is 2. The summed E-state index contributed by atoms with van der Waals surface area (Å²) in [5.41, 5.74) is 3.58. The van der Waals surface area contributed by atoms with Crippen LogP contribution in [0, 0.1) is 5.82 Å². The van der Waals surface area contributed by atoms with Crippen molar-refractivity contribution in [3.05, 3.63) is 78.1 Å².